The molecule has 182 valence electrons. The topological polar surface area (TPSA) is 131 Å². The Balaban J connectivity index is 1.99. The Bertz CT molecular complexity index is 971. The average Bonchev–Trinajstić information content (AvgIpc) is 3.24. The van der Waals surface area contributed by atoms with Crippen molar-refractivity contribution < 1.29 is 24.4 Å². The van der Waals surface area contributed by atoms with Gasteiger partial charge in [-0.2, -0.15) is 0 Å². The first-order valence-corrected chi connectivity index (χ1v) is 11.4. The molecule has 1 fully saturated rings. The van der Waals surface area contributed by atoms with Crippen LogP contribution in [0.4, 0.5) is 0 Å². The lowest BCUT2D eigenvalue weighted by molar-refractivity contribution is -0.535. The highest BCUT2D eigenvalue weighted by atomic mass is 16.6. The van der Waals surface area contributed by atoms with Gasteiger partial charge in [0.2, 0.25) is 11.9 Å². The Morgan fingerprint density at radius 2 is 1.76 bits per heavy atom. The van der Waals surface area contributed by atoms with Crippen molar-refractivity contribution in [1.82, 2.24) is 10.6 Å². The minimum Gasteiger partial charge on any atom is -0.480 e. The molecule has 34 heavy (non-hydrogen) atoms. The average molecular weight is 470 g/mol. The fourth-order valence-electron chi connectivity index (χ4n) is 4.60. The van der Waals surface area contributed by atoms with Gasteiger partial charge in [0.25, 0.3) is 0 Å². The number of nitro groups is 1. The smallest absolute Gasteiger partial charge is 0.322 e. The predicted molar refractivity (Wildman–Crippen MR) is 125 cm³/mol. The Morgan fingerprint density at radius 3 is 2.32 bits per heavy atom. The van der Waals surface area contributed by atoms with E-state index in [0.29, 0.717) is 12.0 Å². The summed E-state index contributed by atoms with van der Waals surface area (Å²) in [5.41, 5.74) is 1.61. The third-order valence-corrected chi connectivity index (χ3v) is 6.45. The molecule has 1 saturated heterocycles. The molecule has 0 bridgehead atoms. The van der Waals surface area contributed by atoms with Crippen molar-refractivity contribution in [2.24, 2.45) is 11.8 Å². The van der Waals surface area contributed by atoms with Crippen LogP contribution in [-0.4, -0.2) is 46.6 Å². The molecular weight excluding hydrogens is 438 g/mol. The van der Waals surface area contributed by atoms with Crippen molar-refractivity contribution >= 4 is 11.9 Å². The zero-order valence-corrected chi connectivity index (χ0v) is 19.3. The van der Waals surface area contributed by atoms with Crippen LogP contribution in [0.3, 0.4) is 0 Å². The standard InChI is InChI=1S/C25H31N3O6/c1-3-16(2)24(34-15-17-10-6-4-7-11-17)20-22(25(31)26-14-19(29)30)27-21(23(20)28(32)33)18-12-8-5-9-13-18/h4-13,16,20-24,27H,3,14-15H2,1-2H3,(H,26,31)(H,29,30)/t16-,20+,21-,22-,23-,24-/m0/s1. The second-order valence-corrected chi connectivity index (χ2v) is 8.64. The second-order valence-electron chi connectivity index (χ2n) is 8.64. The summed E-state index contributed by atoms with van der Waals surface area (Å²) < 4.78 is 6.29. The summed E-state index contributed by atoms with van der Waals surface area (Å²) in [5.74, 6) is -2.67. The number of hydrogen-bond donors (Lipinski definition) is 3. The van der Waals surface area contributed by atoms with Crippen LogP contribution >= 0.6 is 0 Å². The van der Waals surface area contributed by atoms with Crippen molar-refractivity contribution in [3.8, 4) is 0 Å². The van der Waals surface area contributed by atoms with Gasteiger partial charge in [-0.25, -0.2) is 0 Å². The van der Waals surface area contributed by atoms with Crippen molar-refractivity contribution in [2.45, 2.75) is 51.1 Å². The Labute approximate surface area is 198 Å². The number of nitrogens with zero attached hydrogens (tertiary/aromatic N) is 1. The van der Waals surface area contributed by atoms with E-state index in [4.69, 9.17) is 9.84 Å². The van der Waals surface area contributed by atoms with E-state index < -0.39 is 48.6 Å². The summed E-state index contributed by atoms with van der Waals surface area (Å²) in [7, 11) is 0. The van der Waals surface area contributed by atoms with E-state index in [9.17, 15) is 19.7 Å². The zero-order chi connectivity index (χ0) is 24.7. The van der Waals surface area contributed by atoms with E-state index in [-0.39, 0.29) is 17.4 Å². The van der Waals surface area contributed by atoms with E-state index in [2.05, 4.69) is 10.6 Å². The first-order valence-electron chi connectivity index (χ1n) is 11.4. The summed E-state index contributed by atoms with van der Waals surface area (Å²) in [6.45, 7) is 3.61. The maximum Gasteiger partial charge on any atom is 0.322 e. The number of ether oxygens (including phenoxy) is 1. The van der Waals surface area contributed by atoms with E-state index in [1.54, 1.807) is 24.3 Å². The number of hydrogen-bond acceptors (Lipinski definition) is 6. The maximum atomic E-state index is 13.1. The predicted octanol–water partition coefficient (Wildman–Crippen LogP) is 2.79. The van der Waals surface area contributed by atoms with E-state index in [0.717, 1.165) is 5.56 Å². The molecule has 1 heterocycles. The van der Waals surface area contributed by atoms with Crippen LogP contribution in [-0.2, 0) is 20.9 Å². The van der Waals surface area contributed by atoms with Gasteiger partial charge in [-0.3, -0.25) is 25.0 Å². The molecule has 0 saturated carbocycles. The lowest BCUT2D eigenvalue weighted by Gasteiger charge is -2.32. The molecule has 2 aromatic carbocycles. The number of aliphatic carboxylic acids is 1. The van der Waals surface area contributed by atoms with Gasteiger partial charge < -0.3 is 15.2 Å². The molecule has 0 aliphatic carbocycles. The summed E-state index contributed by atoms with van der Waals surface area (Å²) in [6, 6.07) is 15.6. The molecule has 1 amide bonds. The Hall–Kier alpha value is -3.30. The lowest BCUT2D eigenvalue weighted by atomic mass is 9.80. The highest BCUT2D eigenvalue weighted by Gasteiger charge is 2.57. The molecule has 9 nitrogen and oxygen atoms in total. The minimum atomic E-state index is -1.19. The summed E-state index contributed by atoms with van der Waals surface area (Å²) in [5, 5.41) is 27.0. The molecule has 1 aliphatic heterocycles. The largest absolute Gasteiger partial charge is 0.480 e. The van der Waals surface area contributed by atoms with Gasteiger partial charge in [0, 0.05) is 4.92 Å². The number of benzene rings is 2. The van der Waals surface area contributed by atoms with Crippen LogP contribution in [0.15, 0.2) is 60.7 Å². The number of rotatable bonds is 11. The first kappa shape index (κ1) is 25.3. The molecule has 3 N–H and O–H groups in total. The fourth-order valence-corrected chi connectivity index (χ4v) is 4.60. The molecule has 0 aromatic heterocycles. The van der Waals surface area contributed by atoms with Gasteiger partial charge in [-0.05, 0) is 17.0 Å². The number of carboxylic acids is 1. The second kappa shape index (κ2) is 11.7. The van der Waals surface area contributed by atoms with Crippen LogP contribution in [0.5, 0.6) is 0 Å². The third-order valence-electron chi connectivity index (χ3n) is 6.45. The fraction of sp³-hybridized carbons (Fsp3) is 0.440. The Morgan fingerprint density at radius 1 is 1.15 bits per heavy atom. The molecule has 3 rings (SSSR count). The first-order chi connectivity index (χ1) is 16.3. The zero-order valence-electron chi connectivity index (χ0n) is 19.3. The third kappa shape index (κ3) is 5.98. The lowest BCUT2D eigenvalue weighted by Crippen LogP contribution is -2.51. The molecule has 0 radical (unpaired) electrons. The van der Waals surface area contributed by atoms with Gasteiger partial charge >= 0.3 is 5.97 Å². The molecule has 2 aromatic rings. The number of carbonyl (C=O) groups excluding carboxylic acids is 1. The molecule has 0 spiro atoms. The molecule has 9 heteroatoms. The van der Waals surface area contributed by atoms with Gasteiger partial charge in [0.05, 0.1) is 24.7 Å². The summed E-state index contributed by atoms with van der Waals surface area (Å²) >= 11 is 0. The van der Waals surface area contributed by atoms with Crippen molar-refractivity contribution in [3.05, 3.63) is 81.9 Å². The highest BCUT2D eigenvalue weighted by Crippen LogP contribution is 2.39. The van der Waals surface area contributed by atoms with E-state index >= 15 is 0 Å². The van der Waals surface area contributed by atoms with Crippen molar-refractivity contribution in [1.29, 1.82) is 0 Å². The van der Waals surface area contributed by atoms with E-state index in [1.807, 2.05) is 50.2 Å². The van der Waals surface area contributed by atoms with Crippen molar-refractivity contribution in [2.75, 3.05) is 6.54 Å². The number of carboxylic acid groups (broad SMARTS) is 1. The maximum absolute atomic E-state index is 13.1. The van der Waals surface area contributed by atoms with Gasteiger partial charge in [0.15, 0.2) is 0 Å². The quantitative estimate of drug-likeness (QED) is 0.341. The summed E-state index contributed by atoms with van der Waals surface area (Å²) in [4.78, 5) is 36.2. The van der Waals surface area contributed by atoms with Crippen molar-refractivity contribution in [3.63, 3.8) is 0 Å². The molecule has 6 atom stereocenters. The van der Waals surface area contributed by atoms with Crippen LogP contribution in [0, 0.1) is 22.0 Å². The van der Waals surface area contributed by atoms with E-state index in [1.165, 1.54) is 0 Å². The summed E-state index contributed by atoms with van der Waals surface area (Å²) in [6.07, 6.45) is 0.0854. The number of nitrogens with one attached hydrogen (secondary N) is 2. The highest BCUT2D eigenvalue weighted by molar-refractivity contribution is 5.86. The number of amides is 1. The van der Waals surface area contributed by atoms with Gasteiger partial charge in [0.1, 0.15) is 12.6 Å². The van der Waals surface area contributed by atoms with Crippen LogP contribution in [0.2, 0.25) is 0 Å². The molecule has 0 unspecified atom stereocenters. The Kier molecular flexibility index (Phi) is 8.72. The van der Waals surface area contributed by atoms with Crippen LogP contribution in [0.25, 0.3) is 0 Å². The van der Waals surface area contributed by atoms with Crippen LogP contribution in [0.1, 0.15) is 37.4 Å². The van der Waals surface area contributed by atoms with Gasteiger partial charge in [-0.1, -0.05) is 80.9 Å². The van der Waals surface area contributed by atoms with Gasteiger partial charge in [-0.15, -0.1) is 0 Å². The minimum absolute atomic E-state index is 0.0812. The van der Waals surface area contributed by atoms with Crippen LogP contribution < -0.4 is 10.6 Å². The molecule has 1 aliphatic rings. The number of carbonyl (C=O) groups is 2. The SMILES string of the molecule is CC[C@H](C)[C@H](OCc1ccccc1)[C@H]1[C@H]([N+](=O)[O-])[C@H](c2ccccc2)N[C@@H]1C(=O)NCC(=O)O. The monoisotopic (exact) mass is 469 g/mol. The molecular formula is C25H31N3O6. The normalized spacial score (nSPS) is 23.7.